The van der Waals surface area contributed by atoms with Gasteiger partial charge >= 0.3 is 0 Å². The molecule has 6 rings (SSSR count). The van der Waals surface area contributed by atoms with Crippen molar-refractivity contribution in [1.82, 2.24) is 4.90 Å². The van der Waals surface area contributed by atoms with Crippen LogP contribution in [0.3, 0.4) is 0 Å². The number of nitrogens with one attached hydrogen (secondary N) is 3. The smallest absolute Gasteiger partial charge is 0.292 e. The summed E-state index contributed by atoms with van der Waals surface area (Å²) in [5.74, 6) is -0.149. The van der Waals surface area contributed by atoms with Crippen molar-refractivity contribution < 1.29 is 43.4 Å². The highest BCUT2D eigenvalue weighted by Crippen LogP contribution is 2.27. The van der Waals surface area contributed by atoms with Gasteiger partial charge in [-0.1, -0.05) is 36.4 Å². The van der Waals surface area contributed by atoms with E-state index in [1.165, 1.54) is 54.6 Å². The van der Waals surface area contributed by atoms with E-state index in [1.54, 1.807) is 91.0 Å². The lowest BCUT2D eigenvalue weighted by Gasteiger charge is -2.23. The Morgan fingerprint density at radius 2 is 0.656 bits per heavy atom. The Morgan fingerprint density at radius 3 is 0.906 bits per heavy atom. The number of para-hydroxylation sites is 6. The highest BCUT2D eigenvalue weighted by Gasteiger charge is 2.19. The van der Waals surface area contributed by atoms with Crippen LogP contribution in [0.4, 0.5) is 34.1 Å². The summed E-state index contributed by atoms with van der Waals surface area (Å²) < 4.78 is 17.9. The van der Waals surface area contributed by atoms with E-state index in [0.717, 1.165) is 0 Å². The van der Waals surface area contributed by atoms with Gasteiger partial charge in [-0.25, -0.2) is 0 Å². The Balaban J connectivity index is 1.03. The van der Waals surface area contributed by atoms with Crippen molar-refractivity contribution in [2.24, 2.45) is 0 Å². The van der Waals surface area contributed by atoms with E-state index in [9.17, 15) is 44.7 Å². The third-order valence-electron chi connectivity index (χ3n) is 9.43. The van der Waals surface area contributed by atoms with Gasteiger partial charge in [0.25, 0.3) is 34.8 Å². The van der Waals surface area contributed by atoms with Crippen molar-refractivity contribution in [3.63, 3.8) is 0 Å². The Labute approximate surface area is 364 Å². The predicted octanol–water partition coefficient (Wildman–Crippen LogP) is 8.01. The van der Waals surface area contributed by atoms with Crippen LogP contribution in [0.25, 0.3) is 0 Å². The molecule has 0 unspecified atom stereocenters. The molecule has 0 aliphatic rings. The van der Waals surface area contributed by atoms with Crippen LogP contribution in [0.1, 0.15) is 31.1 Å². The number of rotatable bonds is 21. The van der Waals surface area contributed by atoms with Crippen LogP contribution in [0, 0.1) is 30.3 Å². The van der Waals surface area contributed by atoms with Crippen LogP contribution in [-0.4, -0.2) is 76.8 Å². The van der Waals surface area contributed by atoms with Crippen LogP contribution in [0.5, 0.6) is 17.2 Å². The number of anilines is 3. The minimum atomic E-state index is -0.577. The number of ether oxygens (including phenoxy) is 3. The molecule has 0 heterocycles. The van der Waals surface area contributed by atoms with E-state index in [4.69, 9.17) is 14.2 Å². The van der Waals surface area contributed by atoms with E-state index in [1.807, 2.05) is 4.90 Å². The standard InChI is InChI=1S/C45H39N7O12/c53-43(46-37-7-1-4-10-40(37)50(56)57)31-13-19-34(20-14-31)62-28-25-49(26-29-63-35-21-15-32(16-22-35)44(54)47-38-8-2-5-11-41(38)51(58)59)27-30-64-36-23-17-33(18-24-36)45(55)48-39-9-3-6-12-42(39)52(60)61/h1-24H,25-30H2,(H,46,53)(H,47,54)(H,48,55). The molecule has 0 atom stereocenters. The van der Waals surface area contributed by atoms with E-state index < -0.39 is 32.5 Å². The SMILES string of the molecule is O=C(Nc1ccccc1[N+](=O)[O-])c1ccc(OCCN(CCOc2ccc(C(=O)Nc3ccccc3[N+](=O)[O-])cc2)CCOc2ccc(C(=O)Nc3ccccc3[N+](=O)[O-])cc2)cc1. The first kappa shape index (κ1) is 44.8. The number of benzene rings is 6. The zero-order valence-electron chi connectivity index (χ0n) is 33.8. The Morgan fingerprint density at radius 1 is 0.406 bits per heavy atom. The van der Waals surface area contributed by atoms with Crippen LogP contribution < -0.4 is 30.2 Å². The maximum atomic E-state index is 12.8. The first-order chi connectivity index (χ1) is 30.9. The molecule has 0 aromatic heterocycles. The zero-order valence-corrected chi connectivity index (χ0v) is 33.8. The van der Waals surface area contributed by atoms with Crippen LogP contribution in [-0.2, 0) is 0 Å². The zero-order chi connectivity index (χ0) is 45.4. The molecule has 3 amide bonds. The number of carbonyl (C=O) groups is 3. The van der Waals surface area contributed by atoms with Crippen molar-refractivity contribution in [2.75, 3.05) is 55.4 Å². The van der Waals surface area contributed by atoms with Gasteiger partial charge in [0.15, 0.2) is 0 Å². The summed E-state index contributed by atoms with van der Waals surface area (Å²) in [5.41, 5.74) is 0.330. The summed E-state index contributed by atoms with van der Waals surface area (Å²) >= 11 is 0. The lowest BCUT2D eigenvalue weighted by molar-refractivity contribution is -0.384. The minimum absolute atomic E-state index is 0.0718. The van der Waals surface area contributed by atoms with Gasteiger partial charge in [-0.2, -0.15) is 0 Å². The molecule has 0 spiro atoms. The van der Waals surface area contributed by atoms with Gasteiger partial charge < -0.3 is 30.2 Å². The number of nitrogens with zero attached hydrogens (tertiary/aromatic N) is 4. The Kier molecular flexibility index (Phi) is 15.2. The monoisotopic (exact) mass is 869 g/mol. The fraction of sp³-hybridized carbons (Fsp3) is 0.133. The van der Waals surface area contributed by atoms with Crippen molar-refractivity contribution in [2.45, 2.75) is 0 Å². The Hall–Kier alpha value is -8.71. The van der Waals surface area contributed by atoms with Crippen molar-refractivity contribution >= 4 is 51.8 Å². The number of nitro groups is 3. The summed E-state index contributed by atoms with van der Waals surface area (Å²) in [6.07, 6.45) is 0. The maximum Gasteiger partial charge on any atom is 0.292 e. The maximum absolute atomic E-state index is 12.8. The van der Waals surface area contributed by atoms with E-state index >= 15 is 0 Å². The third kappa shape index (κ3) is 12.4. The summed E-state index contributed by atoms with van der Waals surface area (Å²) in [6, 6.07) is 36.4. The molecule has 0 aliphatic heterocycles. The first-order valence-corrected chi connectivity index (χ1v) is 19.5. The van der Waals surface area contributed by atoms with Gasteiger partial charge in [0.2, 0.25) is 0 Å². The molecule has 64 heavy (non-hydrogen) atoms. The molecular formula is C45H39N7O12. The molecule has 6 aromatic carbocycles. The molecule has 326 valence electrons. The molecule has 6 aromatic rings. The fourth-order valence-electron chi connectivity index (χ4n) is 6.12. The van der Waals surface area contributed by atoms with Gasteiger partial charge in [-0.3, -0.25) is 49.6 Å². The fourth-order valence-corrected chi connectivity index (χ4v) is 6.12. The summed E-state index contributed by atoms with van der Waals surface area (Å²) in [5, 5.41) is 41.7. The Bertz CT molecular complexity index is 2340. The topological polar surface area (TPSA) is 248 Å². The average Bonchev–Trinajstić information content (AvgIpc) is 3.29. The molecule has 0 saturated heterocycles. The first-order valence-electron chi connectivity index (χ1n) is 19.5. The molecule has 0 bridgehead atoms. The molecule has 19 heteroatoms. The number of hydrogen-bond acceptors (Lipinski definition) is 13. The van der Waals surface area contributed by atoms with Crippen LogP contribution in [0.2, 0.25) is 0 Å². The largest absolute Gasteiger partial charge is 0.492 e. The quantitative estimate of drug-likeness (QED) is 0.0459. The minimum Gasteiger partial charge on any atom is -0.492 e. The lowest BCUT2D eigenvalue weighted by atomic mass is 10.2. The molecule has 0 aliphatic carbocycles. The van der Waals surface area contributed by atoms with E-state index in [-0.39, 0.29) is 70.6 Å². The van der Waals surface area contributed by atoms with Gasteiger partial charge in [0.05, 0.1) is 14.8 Å². The third-order valence-corrected chi connectivity index (χ3v) is 9.43. The molecule has 3 N–H and O–H groups in total. The number of amides is 3. The highest BCUT2D eigenvalue weighted by molar-refractivity contribution is 6.06. The van der Waals surface area contributed by atoms with Gasteiger partial charge in [-0.05, 0) is 91.0 Å². The predicted molar refractivity (Wildman–Crippen MR) is 235 cm³/mol. The van der Waals surface area contributed by atoms with E-state index in [0.29, 0.717) is 36.9 Å². The molecule has 19 nitrogen and oxygen atoms in total. The summed E-state index contributed by atoms with van der Waals surface area (Å²) in [4.78, 5) is 72.8. The molecule has 0 fully saturated rings. The lowest BCUT2D eigenvalue weighted by Crippen LogP contribution is -2.35. The summed E-state index contributed by atoms with van der Waals surface area (Å²) in [7, 11) is 0. The number of hydrogen-bond donors (Lipinski definition) is 3. The van der Waals surface area contributed by atoms with E-state index in [2.05, 4.69) is 16.0 Å². The van der Waals surface area contributed by atoms with Crippen molar-refractivity contribution in [3.8, 4) is 17.2 Å². The number of carbonyl (C=O) groups excluding carboxylic acids is 3. The average molecular weight is 870 g/mol. The van der Waals surface area contributed by atoms with Crippen LogP contribution >= 0.6 is 0 Å². The molecule has 0 saturated carbocycles. The highest BCUT2D eigenvalue weighted by atomic mass is 16.6. The second kappa shape index (κ2) is 21.7. The van der Waals surface area contributed by atoms with Gasteiger partial charge in [0, 0.05) is 54.5 Å². The van der Waals surface area contributed by atoms with Gasteiger partial charge in [0.1, 0.15) is 54.1 Å². The molecule has 0 radical (unpaired) electrons. The molecular weight excluding hydrogens is 831 g/mol. The summed E-state index contributed by atoms with van der Waals surface area (Å²) in [6.45, 7) is 1.95. The second-order valence-corrected chi connectivity index (χ2v) is 13.6. The van der Waals surface area contributed by atoms with Gasteiger partial charge in [-0.15, -0.1) is 0 Å². The van der Waals surface area contributed by atoms with Crippen LogP contribution in [0.15, 0.2) is 146 Å². The van der Waals surface area contributed by atoms with Crippen molar-refractivity contribution in [3.05, 3.63) is 193 Å². The van der Waals surface area contributed by atoms with Crippen molar-refractivity contribution in [1.29, 1.82) is 0 Å². The normalized spacial score (nSPS) is 10.6. The number of nitro benzene ring substituents is 3. The second-order valence-electron chi connectivity index (χ2n) is 13.6.